The second-order valence-corrected chi connectivity index (χ2v) is 1.02. The molecular weight excluding hydrogens is 106 g/mol. The molecule has 8 heavy (non-hydrogen) atoms. The Morgan fingerprint density at radius 1 is 1.75 bits per heavy atom. The summed E-state index contributed by atoms with van der Waals surface area (Å²) in [7, 11) is 0. The first kappa shape index (κ1) is 6.94. The van der Waals surface area contributed by atoms with Gasteiger partial charge in [0.1, 0.15) is 6.61 Å². The van der Waals surface area contributed by atoms with Gasteiger partial charge >= 0.3 is 0 Å². The first-order valence-electron chi connectivity index (χ1n) is 2.21. The van der Waals surface area contributed by atoms with E-state index in [1.54, 1.807) is 0 Å². The third-order valence-corrected chi connectivity index (χ3v) is 0.509. The smallest absolute Gasteiger partial charge is 0.109 e. The van der Waals surface area contributed by atoms with Crippen molar-refractivity contribution in [1.29, 1.82) is 0 Å². The lowest BCUT2D eigenvalue weighted by Gasteiger charge is -1.91. The first-order chi connectivity index (χ1) is 3.91. The standard InChI is InChI=1S/C4H9N3O/c1-2-8-4-3-6-7-5/h2H,1,3-4H2,(H2,5,6). The van der Waals surface area contributed by atoms with Crippen molar-refractivity contribution in [3.63, 3.8) is 0 Å². The molecule has 0 amide bonds. The average Bonchev–Trinajstić information content (AvgIpc) is 1.81. The van der Waals surface area contributed by atoms with Crippen LogP contribution in [-0.4, -0.2) is 13.2 Å². The van der Waals surface area contributed by atoms with E-state index < -0.39 is 0 Å². The Bertz CT molecular complexity index is 81.4. The molecule has 4 nitrogen and oxygen atoms in total. The highest BCUT2D eigenvalue weighted by Crippen LogP contribution is 1.74. The topological polar surface area (TPSA) is 60.0 Å². The van der Waals surface area contributed by atoms with Gasteiger partial charge in [0, 0.05) is 0 Å². The summed E-state index contributed by atoms with van der Waals surface area (Å²) >= 11 is 0. The van der Waals surface area contributed by atoms with Crippen molar-refractivity contribution in [2.45, 2.75) is 0 Å². The number of hydrogen-bond donors (Lipinski definition) is 1. The maximum atomic E-state index is 4.69. The van der Waals surface area contributed by atoms with Gasteiger partial charge in [-0.3, -0.25) is 0 Å². The van der Waals surface area contributed by atoms with Gasteiger partial charge in [-0.2, -0.15) is 5.11 Å². The normalized spacial score (nSPS) is 9.50. The Morgan fingerprint density at radius 3 is 3.00 bits per heavy atom. The van der Waals surface area contributed by atoms with Gasteiger partial charge in [0.15, 0.2) is 0 Å². The molecule has 0 aliphatic carbocycles. The Hall–Kier alpha value is -1.06. The summed E-state index contributed by atoms with van der Waals surface area (Å²) in [6.07, 6.45) is 1.35. The predicted molar refractivity (Wildman–Crippen MR) is 30.1 cm³/mol. The minimum atomic E-state index is 0.489. The van der Waals surface area contributed by atoms with E-state index in [-0.39, 0.29) is 0 Å². The second-order valence-electron chi connectivity index (χ2n) is 1.02. The number of nitrogens with zero attached hydrogens (tertiary/aromatic N) is 2. The van der Waals surface area contributed by atoms with Crippen LogP contribution in [0.2, 0.25) is 0 Å². The predicted octanol–water partition coefficient (Wildman–Crippen LogP) is 0.472. The van der Waals surface area contributed by atoms with Gasteiger partial charge in [-0.25, -0.2) is 0 Å². The van der Waals surface area contributed by atoms with Crippen LogP contribution < -0.4 is 5.84 Å². The molecule has 4 heteroatoms. The van der Waals surface area contributed by atoms with Gasteiger partial charge in [-0.15, -0.1) is 0 Å². The van der Waals surface area contributed by atoms with E-state index in [0.717, 1.165) is 0 Å². The lowest BCUT2D eigenvalue weighted by molar-refractivity contribution is 0.259. The fraction of sp³-hybridized carbons (Fsp3) is 0.500. The fourth-order valence-electron chi connectivity index (χ4n) is 0.235. The van der Waals surface area contributed by atoms with Crippen LogP contribution in [0.15, 0.2) is 23.2 Å². The molecule has 0 aliphatic rings. The summed E-state index contributed by atoms with van der Waals surface area (Å²) in [6, 6.07) is 0. The molecule has 0 aromatic rings. The highest BCUT2D eigenvalue weighted by molar-refractivity contribution is 4.48. The molecular formula is C4H9N3O. The van der Waals surface area contributed by atoms with Crippen molar-refractivity contribution >= 4 is 0 Å². The van der Waals surface area contributed by atoms with Crippen molar-refractivity contribution in [2.75, 3.05) is 13.2 Å². The van der Waals surface area contributed by atoms with E-state index in [4.69, 9.17) is 4.74 Å². The molecule has 0 heterocycles. The lowest BCUT2D eigenvalue weighted by Crippen LogP contribution is -1.91. The third kappa shape index (κ3) is 4.94. The van der Waals surface area contributed by atoms with Crippen LogP contribution in [0.1, 0.15) is 0 Å². The molecule has 0 atom stereocenters. The maximum Gasteiger partial charge on any atom is 0.109 e. The molecule has 0 unspecified atom stereocenters. The van der Waals surface area contributed by atoms with Crippen molar-refractivity contribution in [3.05, 3.63) is 12.8 Å². The Morgan fingerprint density at radius 2 is 2.50 bits per heavy atom. The molecule has 0 bridgehead atoms. The summed E-state index contributed by atoms with van der Waals surface area (Å²) in [5.41, 5.74) is 0. The molecule has 0 radical (unpaired) electrons. The Kier molecular flexibility index (Phi) is 5.15. The van der Waals surface area contributed by atoms with Crippen molar-refractivity contribution < 1.29 is 4.74 Å². The minimum Gasteiger partial charge on any atom is -0.500 e. The van der Waals surface area contributed by atoms with Crippen molar-refractivity contribution in [3.8, 4) is 0 Å². The lowest BCUT2D eigenvalue weighted by atomic mass is 10.7. The van der Waals surface area contributed by atoms with E-state index in [0.29, 0.717) is 13.2 Å². The van der Waals surface area contributed by atoms with Gasteiger partial charge in [-0.05, 0) is 0 Å². The molecule has 0 aromatic heterocycles. The number of rotatable bonds is 4. The minimum absolute atomic E-state index is 0.489. The fourth-order valence-corrected chi connectivity index (χ4v) is 0.235. The zero-order valence-electron chi connectivity index (χ0n) is 4.58. The van der Waals surface area contributed by atoms with Crippen molar-refractivity contribution in [2.24, 2.45) is 16.2 Å². The Labute approximate surface area is 48.0 Å². The van der Waals surface area contributed by atoms with Crippen LogP contribution in [0, 0.1) is 0 Å². The summed E-state index contributed by atoms with van der Waals surface area (Å²) in [6.45, 7) is 4.31. The second kappa shape index (κ2) is 5.94. The molecule has 0 rings (SSSR count). The molecule has 0 fully saturated rings. The highest BCUT2D eigenvalue weighted by atomic mass is 16.5. The van der Waals surface area contributed by atoms with E-state index in [2.05, 4.69) is 22.8 Å². The summed E-state index contributed by atoms with van der Waals surface area (Å²) in [5.74, 6) is 4.69. The summed E-state index contributed by atoms with van der Waals surface area (Å²) in [5, 5.41) is 6.46. The van der Waals surface area contributed by atoms with Crippen LogP contribution in [-0.2, 0) is 4.74 Å². The zero-order chi connectivity index (χ0) is 6.24. The van der Waals surface area contributed by atoms with Crippen LogP contribution in [0.4, 0.5) is 0 Å². The summed E-state index contributed by atoms with van der Waals surface area (Å²) < 4.78 is 4.69. The van der Waals surface area contributed by atoms with Crippen molar-refractivity contribution in [1.82, 2.24) is 0 Å². The third-order valence-electron chi connectivity index (χ3n) is 0.509. The largest absolute Gasteiger partial charge is 0.500 e. The number of ether oxygens (including phenoxy) is 1. The van der Waals surface area contributed by atoms with Gasteiger partial charge in [0.05, 0.1) is 12.8 Å². The van der Waals surface area contributed by atoms with Gasteiger partial charge in [-0.1, -0.05) is 11.8 Å². The monoisotopic (exact) mass is 115 g/mol. The quantitative estimate of drug-likeness (QED) is 0.190. The van der Waals surface area contributed by atoms with Crippen LogP contribution in [0.3, 0.4) is 0 Å². The van der Waals surface area contributed by atoms with E-state index >= 15 is 0 Å². The van der Waals surface area contributed by atoms with E-state index in [1.807, 2.05) is 0 Å². The SMILES string of the molecule is C=COCCN=NN. The maximum absolute atomic E-state index is 4.69. The highest BCUT2D eigenvalue weighted by Gasteiger charge is 1.75. The summed E-state index contributed by atoms with van der Waals surface area (Å²) in [4.78, 5) is 0. The molecule has 0 saturated carbocycles. The zero-order valence-corrected chi connectivity index (χ0v) is 4.58. The molecule has 0 aromatic carbocycles. The Balaban J connectivity index is 2.82. The average molecular weight is 115 g/mol. The van der Waals surface area contributed by atoms with Crippen LogP contribution in [0.25, 0.3) is 0 Å². The van der Waals surface area contributed by atoms with E-state index in [1.165, 1.54) is 6.26 Å². The van der Waals surface area contributed by atoms with Gasteiger partial charge < -0.3 is 10.6 Å². The van der Waals surface area contributed by atoms with Gasteiger partial charge in [0.25, 0.3) is 0 Å². The number of hydrogen-bond acceptors (Lipinski definition) is 3. The first-order valence-corrected chi connectivity index (χ1v) is 2.21. The van der Waals surface area contributed by atoms with Crippen LogP contribution in [0.5, 0.6) is 0 Å². The van der Waals surface area contributed by atoms with E-state index in [9.17, 15) is 0 Å². The molecule has 0 saturated heterocycles. The molecule has 2 N–H and O–H groups in total. The molecule has 0 spiro atoms. The molecule has 0 aliphatic heterocycles. The molecule has 46 valence electrons. The van der Waals surface area contributed by atoms with Gasteiger partial charge in [0.2, 0.25) is 0 Å². The van der Waals surface area contributed by atoms with Crippen LogP contribution >= 0.6 is 0 Å². The number of nitrogens with two attached hydrogens (primary N) is 1.